The van der Waals surface area contributed by atoms with E-state index in [1.807, 2.05) is 26.8 Å². The van der Waals surface area contributed by atoms with Gasteiger partial charge in [-0.05, 0) is 63.3 Å². The first-order valence-electron chi connectivity index (χ1n) is 8.33. The van der Waals surface area contributed by atoms with E-state index in [1.165, 1.54) is 0 Å². The molecule has 0 aliphatic heterocycles. The van der Waals surface area contributed by atoms with Crippen molar-refractivity contribution in [3.8, 4) is 0 Å². The van der Waals surface area contributed by atoms with Gasteiger partial charge in [0.25, 0.3) is 5.91 Å². The van der Waals surface area contributed by atoms with Gasteiger partial charge in [0.15, 0.2) is 0 Å². The van der Waals surface area contributed by atoms with Crippen molar-refractivity contribution in [1.29, 1.82) is 0 Å². The summed E-state index contributed by atoms with van der Waals surface area (Å²) in [7, 11) is 0. The summed E-state index contributed by atoms with van der Waals surface area (Å²) in [6.45, 7) is 5.73. The molecule has 2 atom stereocenters. The van der Waals surface area contributed by atoms with Gasteiger partial charge in [-0.2, -0.15) is 0 Å². The Balaban J connectivity index is 1.97. The minimum Gasteiger partial charge on any atom is -0.350 e. The normalized spacial score (nSPS) is 20.6. The molecule has 0 heterocycles. The summed E-state index contributed by atoms with van der Waals surface area (Å²) < 4.78 is 0. The largest absolute Gasteiger partial charge is 0.350 e. The first-order valence-corrected chi connectivity index (χ1v) is 8.33. The van der Waals surface area contributed by atoms with Gasteiger partial charge in [0, 0.05) is 29.8 Å². The highest BCUT2D eigenvalue weighted by Crippen LogP contribution is 2.27. The second kappa shape index (κ2) is 7.59. The molecule has 5 nitrogen and oxygen atoms in total. The molecule has 0 radical (unpaired) electrons. The first kappa shape index (κ1) is 17.5. The Bertz CT molecular complexity index is 584. The van der Waals surface area contributed by atoms with Crippen molar-refractivity contribution in [2.75, 3.05) is 5.32 Å². The van der Waals surface area contributed by atoms with Gasteiger partial charge in [-0.15, -0.1) is 0 Å². The van der Waals surface area contributed by atoms with Crippen molar-refractivity contribution >= 4 is 17.5 Å². The number of nitrogens with two attached hydrogens (primary N) is 1. The topological polar surface area (TPSA) is 84.2 Å². The molecule has 4 N–H and O–H groups in total. The number of rotatable bonds is 5. The molecule has 1 aliphatic carbocycles. The summed E-state index contributed by atoms with van der Waals surface area (Å²) in [5.41, 5.74) is 8.22. The Labute approximate surface area is 138 Å². The second-order valence-electron chi connectivity index (χ2n) is 6.77. The highest BCUT2D eigenvalue weighted by Gasteiger charge is 2.26. The van der Waals surface area contributed by atoms with Crippen LogP contribution in [0, 0.1) is 12.8 Å². The van der Waals surface area contributed by atoms with Crippen LogP contribution in [0.3, 0.4) is 0 Å². The van der Waals surface area contributed by atoms with E-state index in [0.29, 0.717) is 12.0 Å². The fourth-order valence-corrected chi connectivity index (χ4v) is 3.11. The molecule has 1 aromatic rings. The molecule has 5 heteroatoms. The van der Waals surface area contributed by atoms with Gasteiger partial charge in [0.05, 0.1) is 0 Å². The van der Waals surface area contributed by atoms with E-state index in [2.05, 4.69) is 10.6 Å². The number of anilines is 1. The average molecular weight is 317 g/mol. The Kier molecular flexibility index (Phi) is 5.77. The third-order valence-electron chi connectivity index (χ3n) is 4.34. The average Bonchev–Trinajstić information content (AvgIpc) is 2.83. The van der Waals surface area contributed by atoms with Crippen molar-refractivity contribution in [1.82, 2.24) is 5.32 Å². The molecule has 0 saturated heterocycles. The summed E-state index contributed by atoms with van der Waals surface area (Å²) in [6, 6.07) is 5.60. The fourth-order valence-electron chi connectivity index (χ4n) is 3.11. The van der Waals surface area contributed by atoms with Gasteiger partial charge in [-0.1, -0.05) is 6.42 Å². The second-order valence-corrected chi connectivity index (χ2v) is 6.77. The van der Waals surface area contributed by atoms with Crippen LogP contribution in [0.4, 0.5) is 5.69 Å². The summed E-state index contributed by atoms with van der Waals surface area (Å²) >= 11 is 0. The van der Waals surface area contributed by atoms with Crippen LogP contribution in [0.2, 0.25) is 0 Å². The summed E-state index contributed by atoms with van der Waals surface area (Å²) in [6.07, 6.45) is 3.62. The quantitative estimate of drug-likeness (QED) is 0.780. The van der Waals surface area contributed by atoms with Gasteiger partial charge >= 0.3 is 0 Å². The van der Waals surface area contributed by atoms with Crippen LogP contribution in [-0.2, 0) is 4.79 Å². The van der Waals surface area contributed by atoms with Gasteiger partial charge in [0.2, 0.25) is 5.91 Å². The number of carbonyl (C=O) groups excluding carboxylic acids is 2. The van der Waals surface area contributed by atoms with Crippen molar-refractivity contribution in [2.45, 2.75) is 58.5 Å². The predicted octanol–water partition coefficient (Wildman–Crippen LogP) is 2.59. The molecule has 1 saturated carbocycles. The number of carbonyl (C=O) groups is 2. The molecule has 1 aromatic carbocycles. The zero-order valence-corrected chi connectivity index (χ0v) is 14.2. The SMILES string of the molecule is Cc1cc(NC(=O)C[C@@H]2CCC[C@H]2N)ccc1C(=O)NC(C)C. The van der Waals surface area contributed by atoms with Crippen LogP contribution in [0.15, 0.2) is 18.2 Å². The summed E-state index contributed by atoms with van der Waals surface area (Å²) in [4.78, 5) is 24.2. The molecule has 0 spiro atoms. The number of amides is 2. The minimum atomic E-state index is -0.0905. The number of hydrogen-bond donors (Lipinski definition) is 3. The van der Waals surface area contributed by atoms with Crippen molar-refractivity contribution in [3.05, 3.63) is 29.3 Å². The Morgan fingerprint density at radius 3 is 2.61 bits per heavy atom. The third kappa shape index (κ3) is 4.79. The van der Waals surface area contributed by atoms with Crippen molar-refractivity contribution in [2.24, 2.45) is 11.7 Å². The molecular weight excluding hydrogens is 290 g/mol. The number of aryl methyl sites for hydroxylation is 1. The maximum absolute atomic E-state index is 12.1. The maximum atomic E-state index is 12.1. The monoisotopic (exact) mass is 317 g/mol. The lowest BCUT2D eigenvalue weighted by molar-refractivity contribution is -0.117. The van der Waals surface area contributed by atoms with Gasteiger partial charge < -0.3 is 16.4 Å². The molecule has 2 rings (SSSR count). The highest BCUT2D eigenvalue weighted by molar-refractivity contribution is 5.97. The van der Waals surface area contributed by atoms with Gasteiger partial charge in [-0.25, -0.2) is 0 Å². The lowest BCUT2D eigenvalue weighted by Crippen LogP contribution is -2.30. The molecule has 2 amide bonds. The number of nitrogens with one attached hydrogen (secondary N) is 2. The van der Waals surface area contributed by atoms with E-state index in [1.54, 1.807) is 12.1 Å². The van der Waals surface area contributed by atoms with E-state index in [-0.39, 0.29) is 29.8 Å². The lowest BCUT2D eigenvalue weighted by atomic mass is 9.99. The van der Waals surface area contributed by atoms with Gasteiger partial charge in [0.1, 0.15) is 0 Å². The van der Waals surface area contributed by atoms with Crippen LogP contribution >= 0.6 is 0 Å². The van der Waals surface area contributed by atoms with E-state index in [0.717, 1.165) is 30.5 Å². The summed E-state index contributed by atoms with van der Waals surface area (Å²) in [5.74, 6) is 0.186. The highest BCUT2D eigenvalue weighted by atomic mass is 16.2. The van der Waals surface area contributed by atoms with Crippen LogP contribution in [-0.4, -0.2) is 23.9 Å². The molecule has 1 aliphatic rings. The Morgan fingerprint density at radius 1 is 1.30 bits per heavy atom. The Morgan fingerprint density at radius 2 is 2.04 bits per heavy atom. The molecular formula is C18H27N3O2. The van der Waals surface area contributed by atoms with Crippen molar-refractivity contribution in [3.63, 3.8) is 0 Å². The van der Waals surface area contributed by atoms with Crippen LogP contribution < -0.4 is 16.4 Å². The predicted molar refractivity (Wildman–Crippen MR) is 92.3 cm³/mol. The van der Waals surface area contributed by atoms with E-state index < -0.39 is 0 Å². The number of benzene rings is 1. The molecule has 126 valence electrons. The van der Waals surface area contributed by atoms with Crippen LogP contribution in [0.5, 0.6) is 0 Å². The number of hydrogen-bond acceptors (Lipinski definition) is 3. The van der Waals surface area contributed by atoms with E-state index in [4.69, 9.17) is 5.73 Å². The van der Waals surface area contributed by atoms with Crippen LogP contribution in [0.25, 0.3) is 0 Å². The van der Waals surface area contributed by atoms with E-state index >= 15 is 0 Å². The smallest absolute Gasteiger partial charge is 0.251 e. The minimum absolute atomic E-state index is 0.00821. The molecule has 0 bridgehead atoms. The molecule has 0 unspecified atom stereocenters. The Hall–Kier alpha value is -1.88. The summed E-state index contributed by atoms with van der Waals surface area (Å²) in [5, 5.41) is 5.78. The molecule has 23 heavy (non-hydrogen) atoms. The first-order chi connectivity index (χ1) is 10.9. The third-order valence-corrected chi connectivity index (χ3v) is 4.34. The molecule has 0 aromatic heterocycles. The van der Waals surface area contributed by atoms with Crippen molar-refractivity contribution < 1.29 is 9.59 Å². The zero-order chi connectivity index (χ0) is 17.0. The van der Waals surface area contributed by atoms with Crippen LogP contribution in [0.1, 0.15) is 55.5 Å². The van der Waals surface area contributed by atoms with E-state index in [9.17, 15) is 9.59 Å². The lowest BCUT2D eigenvalue weighted by Gasteiger charge is -2.15. The van der Waals surface area contributed by atoms with Gasteiger partial charge in [-0.3, -0.25) is 9.59 Å². The fraction of sp³-hybridized carbons (Fsp3) is 0.556. The molecule has 1 fully saturated rings. The maximum Gasteiger partial charge on any atom is 0.251 e. The standard InChI is InChI=1S/C18H27N3O2/c1-11(2)20-18(23)15-8-7-14(9-12(15)3)21-17(22)10-13-5-4-6-16(13)19/h7-9,11,13,16H,4-6,10,19H2,1-3H3,(H,20,23)(H,21,22)/t13-,16+/m0/s1. The zero-order valence-electron chi connectivity index (χ0n) is 14.2.